The van der Waals surface area contributed by atoms with E-state index in [0.717, 1.165) is 28.8 Å². The Bertz CT molecular complexity index is 1300. The van der Waals surface area contributed by atoms with E-state index in [1.54, 1.807) is 30.6 Å². The Morgan fingerprint density at radius 3 is 2.37 bits per heavy atom. The molecule has 35 heavy (non-hydrogen) atoms. The average Bonchev–Trinajstić information content (AvgIpc) is 3.16. The van der Waals surface area contributed by atoms with Gasteiger partial charge in [-0.1, -0.05) is 28.1 Å². The number of piperidine rings is 1. The Morgan fingerprint density at radius 1 is 1.00 bits per heavy atom. The Kier molecular flexibility index (Phi) is 6.43. The lowest BCUT2D eigenvalue weighted by molar-refractivity contribution is -0.132. The predicted octanol–water partition coefficient (Wildman–Crippen LogP) is 5.77. The van der Waals surface area contributed by atoms with Crippen molar-refractivity contribution >= 4 is 44.8 Å². The Hall–Kier alpha value is -3.45. The number of nitrogens with zero attached hydrogens (tertiary/aromatic N) is 3. The fourth-order valence-corrected chi connectivity index (χ4v) is 5.12. The third kappa shape index (κ3) is 4.36. The van der Waals surface area contributed by atoms with Gasteiger partial charge in [0, 0.05) is 46.9 Å². The van der Waals surface area contributed by atoms with Gasteiger partial charge in [0.15, 0.2) is 0 Å². The van der Waals surface area contributed by atoms with Crippen LogP contribution in [-0.2, 0) is 9.59 Å². The molecule has 3 aromatic rings. The van der Waals surface area contributed by atoms with Crippen molar-refractivity contribution in [1.29, 1.82) is 0 Å². The van der Waals surface area contributed by atoms with Crippen molar-refractivity contribution < 1.29 is 14.7 Å². The van der Waals surface area contributed by atoms with Gasteiger partial charge in [0.1, 0.15) is 5.76 Å². The number of pyridine rings is 1. The lowest BCUT2D eigenvalue weighted by Gasteiger charge is -2.30. The Morgan fingerprint density at radius 2 is 1.71 bits per heavy atom. The standard InChI is InChI=1S/C28H26BrN3O3/c1-18-16-19(7-12-23(18)29)26(33)24-25(20-6-5-13-30-17-20)32(28(35)27(24)34)22-10-8-21(9-11-22)31-14-3-2-4-15-31/h5-13,16-17,25,33H,2-4,14-15H2,1H3/b26-24-. The van der Waals surface area contributed by atoms with E-state index in [1.165, 1.54) is 24.2 Å². The van der Waals surface area contributed by atoms with Crippen LogP contribution in [0.25, 0.3) is 5.76 Å². The van der Waals surface area contributed by atoms with Crippen molar-refractivity contribution in [2.45, 2.75) is 32.2 Å². The number of rotatable bonds is 4. The zero-order valence-corrected chi connectivity index (χ0v) is 21.0. The number of ketones is 1. The van der Waals surface area contributed by atoms with Crippen molar-refractivity contribution in [3.8, 4) is 0 Å². The first-order valence-electron chi connectivity index (χ1n) is 11.8. The first-order valence-corrected chi connectivity index (χ1v) is 12.6. The highest BCUT2D eigenvalue weighted by atomic mass is 79.9. The van der Waals surface area contributed by atoms with Crippen LogP contribution in [0, 0.1) is 6.92 Å². The second-order valence-electron chi connectivity index (χ2n) is 8.98. The summed E-state index contributed by atoms with van der Waals surface area (Å²) in [7, 11) is 0. The maximum atomic E-state index is 13.3. The maximum absolute atomic E-state index is 13.3. The third-order valence-corrected chi connectivity index (χ3v) is 7.61. The van der Waals surface area contributed by atoms with Crippen LogP contribution in [-0.4, -0.2) is 34.9 Å². The highest BCUT2D eigenvalue weighted by molar-refractivity contribution is 9.10. The number of hydrogen-bond acceptors (Lipinski definition) is 5. The van der Waals surface area contributed by atoms with E-state index < -0.39 is 17.7 Å². The van der Waals surface area contributed by atoms with Gasteiger partial charge in [-0.15, -0.1) is 0 Å². The molecule has 1 atom stereocenters. The molecular formula is C28H26BrN3O3. The summed E-state index contributed by atoms with van der Waals surface area (Å²) in [4.78, 5) is 34.7. The quantitative estimate of drug-likeness (QED) is 0.263. The summed E-state index contributed by atoms with van der Waals surface area (Å²) in [5.41, 5.74) is 3.82. The summed E-state index contributed by atoms with van der Waals surface area (Å²) in [6, 6.07) is 15.9. The van der Waals surface area contributed by atoms with Gasteiger partial charge >= 0.3 is 0 Å². The van der Waals surface area contributed by atoms with Gasteiger partial charge in [-0.25, -0.2) is 0 Å². The van der Waals surface area contributed by atoms with Gasteiger partial charge in [-0.2, -0.15) is 0 Å². The molecule has 2 aliphatic rings. The average molecular weight is 532 g/mol. The van der Waals surface area contributed by atoms with Crippen molar-refractivity contribution in [2.24, 2.45) is 0 Å². The first-order chi connectivity index (χ1) is 17.0. The Balaban J connectivity index is 1.60. The fourth-order valence-electron chi connectivity index (χ4n) is 4.88. The second-order valence-corrected chi connectivity index (χ2v) is 9.84. The number of aromatic nitrogens is 1. The molecule has 2 fully saturated rings. The lowest BCUT2D eigenvalue weighted by atomic mass is 9.95. The molecule has 0 spiro atoms. The van der Waals surface area contributed by atoms with Gasteiger partial charge in [-0.05, 0) is 79.8 Å². The SMILES string of the molecule is Cc1cc(/C(O)=C2/C(=O)C(=O)N(c3ccc(N4CCCCC4)cc3)C2c2cccnc2)ccc1Br. The van der Waals surface area contributed by atoms with Crippen LogP contribution >= 0.6 is 15.9 Å². The molecule has 1 unspecified atom stereocenters. The minimum absolute atomic E-state index is 0.0600. The number of anilines is 2. The molecule has 0 aliphatic carbocycles. The number of carbonyl (C=O) groups excluding carboxylic acids is 2. The third-order valence-electron chi connectivity index (χ3n) is 6.73. The van der Waals surface area contributed by atoms with Gasteiger partial charge in [-0.3, -0.25) is 19.5 Å². The van der Waals surface area contributed by atoms with E-state index in [2.05, 4.69) is 25.8 Å². The largest absolute Gasteiger partial charge is 0.507 e. The number of Topliss-reactive ketones (excluding diaryl/α,β-unsaturated/α-hetero) is 1. The lowest BCUT2D eigenvalue weighted by Crippen LogP contribution is -2.30. The highest BCUT2D eigenvalue weighted by Crippen LogP contribution is 2.42. The van der Waals surface area contributed by atoms with Gasteiger partial charge in [0.2, 0.25) is 0 Å². The van der Waals surface area contributed by atoms with Gasteiger partial charge in [0.25, 0.3) is 11.7 Å². The van der Waals surface area contributed by atoms with Gasteiger partial charge in [0.05, 0.1) is 11.6 Å². The van der Waals surface area contributed by atoms with E-state index in [9.17, 15) is 14.7 Å². The van der Waals surface area contributed by atoms with Crippen LogP contribution in [0.5, 0.6) is 0 Å². The van der Waals surface area contributed by atoms with Crippen LogP contribution in [0.2, 0.25) is 0 Å². The van der Waals surface area contributed by atoms with E-state index in [1.807, 2.05) is 43.3 Å². The van der Waals surface area contributed by atoms with E-state index >= 15 is 0 Å². The van der Waals surface area contributed by atoms with Crippen molar-refractivity contribution in [2.75, 3.05) is 22.9 Å². The summed E-state index contributed by atoms with van der Waals surface area (Å²) in [5, 5.41) is 11.3. The molecule has 1 aromatic heterocycles. The van der Waals surface area contributed by atoms with E-state index in [0.29, 0.717) is 16.8 Å². The molecule has 7 heteroatoms. The van der Waals surface area contributed by atoms with Gasteiger partial charge < -0.3 is 10.0 Å². The van der Waals surface area contributed by atoms with Crippen LogP contribution in [0.3, 0.4) is 0 Å². The maximum Gasteiger partial charge on any atom is 0.300 e. The topological polar surface area (TPSA) is 73.7 Å². The minimum Gasteiger partial charge on any atom is -0.507 e. The summed E-state index contributed by atoms with van der Waals surface area (Å²) in [5.74, 6) is -1.57. The first kappa shape index (κ1) is 23.3. The number of benzene rings is 2. The number of carbonyl (C=O) groups is 2. The molecule has 0 radical (unpaired) electrons. The molecule has 178 valence electrons. The number of amides is 1. The van der Waals surface area contributed by atoms with Crippen molar-refractivity contribution in [3.05, 3.63) is 93.7 Å². The molecule has 2 aromatic carbocycles. The van der Waals surface area contributed by atoms with Crippen molar-refractivity contribution in [1.82, 2.24) is 4.98 Å². The summed E-state index contributed by atoms with van der Waals surface area (Å²) in [6.45, 7) is 3.94. The number of aliphatic hydroxyl groups is 1. The molecule has 6 nitrogen and oxygen atoms in total. The summed E-state index contributed by atoms with van der Waals surface area (Å²) >= 11 is 3.47. The molecular weight excluding hydrogens is 506 g/mol. The summed E-state index contributed by atoms with van der Waals surface area (Å²) < 4.78 is 0.895. The summed E-state index contributed by atoms with van der Waals surface area (Å²) in [6.07, 6.45) is 6.87. The highest BCUT2D eigenvalue weighted by Gasteiger charge is 2.47. The number of hydrogen-bond donors (Lipinski definition) is 1. The fraction of sp³-hybridized carbons (Fsp3) is 0.250. The molecule has 5 rings (SSSR count). The smallest absolute Gasteiger partial charge is 0.300 e. The zero-order chi connectivity index (χ0) is 24.5. The van der Waals surface area contributed by atoms with E-state index in [4.69, 9.17) is 0 Å². The van der Waals surface area contributed by atoms with Crippen LogP contribution in [0.1, 0.15) is 42.0 Å². The second kappa shape index (κ2) is 9.66. The normalized spacial score (nSPS) is 19.9. The zero-order valence-electron chi connectivity index (χ0n) is 19.4. The van der Waals surface area contributed by atoms with Crippen LogP contribution < -0.4 is 9.80 Å². The molecule has 1 amide bonds. The predicted molar refractivity (Wildman–Crippen MR) is 140 cm³/mol. The molecule has 2 saturated heterocycles. The van der Waals surface area contributed by atoms with E-state index in [-0.39, 0.29) is 11.3 Å². The molecule has 0 bridgehead atoms. The Labute approximate surface area is 213 Å². The molecule has 1 N–H and O–H groups in total. The molecule has 0 saturated carbocycles. The monoisotopic (exact) mass is 531 g/mol. The number of halogens is 1. The van der Waals surface area contributed by atoms with Crippen molar-refractivity contribution in [3.63, 3.8) is 0 Å². The number of aryl methyl sites for hydroxylation is 1. The molecule has 3 heterocycles. The number of aliphatic hydroxyl groups excluding tert-OH is 1. The molecule has 2 aliphatic heterocycles. The van der Waals surface area contributed by atoms with Crippen LogP contribution in [0.4, 0.5) is 11.4 Å². The minimum atomic E-state index is -0.784. The van der Waals surface area contributed by atoms with Crippen LogP contribution in [0.15, 0.2) is 77.0 Å².